The van der Waals surface area contributed by atoms with E-state index in [0.29, 0.717) is 30.7 Å². The Hall–Kier alpha value is -3.13. The van der Waals surface area contributed by atoms with Crippen LogP contribution in [0.4, 0.5) is 8.78 Å². The van der Waals surface area contributed by atoms with Crippen molar-refractivity contribution < 1.29 is 13.6 Å². The standard InChI is InChI=1S/C20H18F2N4O2/c21-15-5-4-12(9-16(15)22)13-6-7-23-11-17(13)25-19(27)14-10-24-18-3-1-2-8-26(18)20(14)28/h1-5,8-10,13,17,23H,6-7,11H2,(H,25,27). The Kier molecular flexibility index (Phi) is 4.87. The van der Waals surface area contributed by atoms with E-state index in [2.05, 4.69) is 15.6 Å². The summed E-state index contributed by atoms with van der Waals surface area (Å²) in [7, 11) is 0. The molecule has 144 valence electrons. The lowest BCUT2D eigenvalue weighted by Gasteiger charge is -2.33. The second-order valence-electron chi connectivity index (χ2n) is 6.76. The van der Waals surface area contributed by atoms with Crippen molar-refractivity contribution in [3.63, 3.8) is 0 Å². The zero-order chi connectivity index (χ0) is 19.7. The van der Waals surface area contributed by atoms with Gasteiger partial charge in [-0.1, -0.05) is 12.1 Å². The number of aromatic nitrogens is 2. The molecule has 28 heavy (non-hydrogen) atoms. The van der Waals surface area contributed by atoms with Crippen LogP contribution in [0.2, 0.25) is 0 Å². The van der Waals surface area contributed by atoms with Gasteiger partial charge in [-0.25, -0.2) is 13.8 Å². The number of amides is 1. The number of hydrogen-bond donors (Lipinski definition) is 2. The predicted molar refractivity (Wildman–Crippen MR) is 99.3 cm³/mol. The van der Waals surface area contributed by atoms with Crippen LogP contribution >= 0.6 is 0 Å². The van der Waals surface area contributed by atoms with Crippen molar-refractivity contribution in [1.82, 2.24) is 20.0 Å². The van der Waals surface area contributed by atoms with Crippen molar-refractivity contribution in [2.24, 2.45) is 0 Å². The maximum atomic E-state index is 13.7. The van der Waals surface area contributed by atoms with E-state index in [1.165, 1.54) is 16.7 Å². The fraction of sp³-hybridized carbons (Fsp3) is 0.250. The van der Waals surface area contributed by atoms with Crippen molar-refractivity contribution in [1.29, 1.82) is 0 Å². The van der Waals surface area contributed by atoms with E-state index in [1.807, 2.05) is 0 Å². The number of rotatable bonds is 3. The highest BCUT2D eigenvalue weighted by atomic mass is 19.2. The van der Waals surface area contributed by atoms with Crippen molar-refractivity contribution in [2.75, 3.05) is 13.1 Å². The molecule has 0 bridgehead atoms. The topological polar surface area (TPSA) is 75.5 Å². The monoisotopic (exact) mass is 384 g/mol. The zero-order valence-electron chi connectivity index (χ0n) is 14.9. The minimum atomic E-state index is -0.918. The van der Waals surface area contributed by atoms with Crippen molar-refractivity contribution in [3.05, 3.63) is 81.9 Å². The molecule has 6 nitrogen and oxygen atoms in total. The molecule has 1 amide bonds. The average Bonchev–Trinajstić information content (AvgIpc) is 2.71. The van der Waals surface area contributed by atoms with E-state index >= 15 is 0 Å². The summed E-state index contributed by atoms with van der Waals surface area (Å²) in [5.41, 5.74) is 0.525. The third-order valence-corrected chi connectivity index (χ3v) is 5.03. The second kappa shape index (κ2) is 7.47. The third-order valence-electron chi connectivity index (χ3n) is 5.03. The van der Waals surface area contributed by atoms with Gasteiger partial charge in [0.2, 0.25) is 0 Å². The molecule has 4 rings (SSSR count). The van der Waals surface area contributed by atoms with Gasteiger partial charge in [0.15, 0.2) is 11.6 Å². The summed E-state index contributed by atoms with van der Waals surface area (Å²) in [6, 6.07) is 8.51. The number of benzene rings is 1. The van der Waals surface area contributed by atoms with Crippen LogP contribution in [0.15, 0.2) is 53.6 Å². The molecule has 2 N–H and O–H groups in total. The SMILES string of the molecule is O=C(NC1CNCCC1c1ccc(F)c(F)c1)c1cnc2ccccn2c1=O. The Morgan fingerprint density at radius 3 is 2.89 bits per heavy atom. The van der Waals surface area contributed by atoms with Gasteiger partial charge in [0.05, 0.1) is 0 Å². The van der Waals surface area contributed by atoms with Crippen LogP contribution in [-0.2, 0) is 0 Å². The van der Waals surface area contributed by atoms with E-state index in [9.17, 15) is 18.4 Å². The summed E-state index contributed by atoms with van der Waals surface area (Å²) in [4.78, 5) is 29.5. The van der Waals surface area contributed by atoms with Crippen LogP contribution in [0.1, 0.15) is 28.3 Å². The first-order chi connectivity index (χ1) is 13.5. The van der Waals surface area contributed by atoms with Crippen molar-refractivity contribution in [3.8, 4) is 0 Å². The van der Waals surface area contributed by atoms with Crippen molar-refractivity contribution >= 4 is 11.6 Å². The molecule has 1 aliphatic rings. The fourth-order valence-electron chi connectivity index (χ4n) is 3.58. The second-order valence-corrected chi connectivity index (χ2v) is 6.76. The number of nitrogens with one attached hydrogen (secondary N) is 2. The first kappa shape index (κ1) is 18.2. The number of fused-ring (bicyclic) bond motifs is 1. The highest BCUT2D eigenvalue weighted by molar-refractivity contribution is 5.94. The summed E-state index contributed by atoms with van der Waals surface area (Å²) < 4.78 is 28.2. The molecule has 2 aromatic heterocycles. The van der Waals surface area contributed by atoms with E-state index in [1.54, 1.807) is 24.4 Å². The normalized spacial score (nSPS) is 19.5. The van der Waals surface area contributed by atoms with Gasteiger partial charge in [-0.3, -0.25) is 14.0 Å². The van der Waals surface area contributed by atoms with Gasteiger partial charge in [0.25, 0.3) is 11.5 Å². The van der Waals surface area contributed by atoms with E-state index in [0.717, 1.165) is 12.1 Å². The van der Waals surface area contributed by atoms with E-state index in [4.69, 9.17) is 0 Å². The number of hydrogen-bond acceptors (Lipinski definition) is 4. The summed E-state index contributed by atoms with van der Waals surface area (Å²) in [6.45, 7) is 1.15. The zero-order valence-corrected chi connectivity index (χ0v) is 14.9. The third kappa shape index (κ3) is 3.38. The van der Waals surface area contributed by atoms with E-state index in [-0.39, 0.29) is 17.5 Å². The summed E-state index contributed by atoms with van der Waals surface area (Å²) >= 11 is 0. The molecule has 2 atom stereocenters. The molecule has 0 saturated carbocycles. The first-order valence-corrected chi connectivity index (χ1v) is 8.97. The van der Waals surface area contributed by atoms with Crippen LogP contribution in [0.3, 0.4) is 0 Å². The Labute approximate surface area is 159 Å². The Morgan fingerprint density at radius 2 is 2.07 bits per heavy atom. The van der Waals surface area contributed by atoms with Crippen LogP contribution in [0.5, 0.6) is 0 Å². The molecule has 3 aromatic rings. The lowest BCUT2D eigenvalue weighted by Crippen LogP contribution is -2.50. The largest absolute Gasteiger partial charge is 0.347 e. The number of nitrogens with zero attached hydrogens (tertiary/aromatic N) is 2. The number of pyridine rings is 1. The van der Waals surface area contributed by atoms with Crippen LogP contribution in [-0.4, -0.2) is 34.4 Å². The first-order valence-electron chi connectivity index (χ1n) is 8.97. The maximum Gasteiger partial charge on any atom is 0.270 e. The molecule has 2 unspecified atom stereocenters. The number of carbonyl (C=O) groups is 1. The number of carbonyl (C=O) groups excluding carboxylic acids is 1. The van der Waals surface area contributed by atoms with Gasteiger partial charge < -0.3 is 10.6 Å². The predicted octanol–water partition coefficient (Wildman–Crippen LogP) is 1.85. The highest BCUT2D eigenvalue weighted by Gasteiger charge is 2.29. The maximum absolute atomic E-state index is 13.7. The molecule has 8 heteroatoms. The molecule has 1 aliphatic heterocycles. The van der Waals surface area contributed by atoms with Crippen LogP contribution in [0, 0.1) is 11.6 Å². The molecule has 3 heterocycles. The number of piperidine rings is 1. The highest BCUT2D eigenvalue weighted by Crippen LogP contribution is 2.27. The molecule has 0 radical (unpaired) electrons. The lowest BCUT2D eigenvalue weighted by atomic mass is 9.86. The average molecular weight is 384 g/mol. The van der Waals surface area contributed by atoms with E-state index < -0.39 is 23.1 Å². The van der Waals surface area contributed by atoms with Gasteiger partial charge in [0, 0.05) is 30.9 Å². The quantitative estimate of drug-likeness (QED) is 0.723. The molecular weight excluding hydrogens is 366 g/mol. The van der Waals surface area contributed by atoms with Crippen molar-refractivity contribution in [2.45, 2.75) is 18.4 Å². The Bertz CT molecular complexity index is 1100. The summed E-state index contributed by atoms with van der Waals surface area (Å²) in [6.07, 6.45) is 3.45. The molecule has 1 saturated heterocycles. The minimum Gasteiger partial charge on any atom is -0.347 e. The van der Waals surface area contributed by atoms with Gasteiger partial charge in [-0.15, -0.1) is 0 Å². The van der Waals surface area contributed by atoms with Crippen LogP contribution < -0.4 is 16.2 Å². The summed E-state index contributed by atoms with van der Waals surface area (Å²) in [5, 5.41) is 6.03. The van der Waals surface area contributed by atoms with Gasteiger partial charge in [0.1, 0.15) is 11.2 Å². The van der Waals surface area contributed by atoms with Crippen LogP contribution in [0.25, 0.3) is 5.65 Å². The molecule has 1 aromatic carbocycles. The fourth-order valence-corrected chi connectivity index (χ4v) is 3.58. The molecular formula is C20H18F2N4O2. The Morgan fingerprint density at radius 1 is 1.21 bits per heavy atom. The number of halogens is 2. The smallest absolute Gasteiger partial charge is 0.270 e. The lowest BCUT2D eigenvalue weighted by molar-refractivity contribution is 0.0922. The summed E-state index contributed by atoms with van der Waals surface area (Å²) in [5.74, 6) is -2.57. The molecule has 1 fully saturated rings. The van der Waals surface area contributed by atoms with Gasteiger partial charge in [-0.05, 0) is 42.8 Å². The van der Waals surface area contributed by atoms with Gasteiger partial charge in [-0.2, -0.15) is 0 Å². The Balaban J connectivity index is 1.61. The molecule has 0 spiro atoms. The van der Waals surface area contributed by atoms with Gasteiger partial charge >= 0.3 is 0 Å². The molecule has 0 aliphatic carbocycles. The minimum absolute atomic E-state index is 0.0710.